The first-order chi connectivity index (χ1) is 7.57. The summed E-state index contributed by atoms with van der Waals surface area (Å²) in [7, 11) is 2.22. The van der Waals surface area contributed by atoms with Crippen molar-refractivity contribution in [2.24, 2.45) is 5.16 Å². The molecule has 1 amide bonds. The van der Waals surface area contributed by atoms with Crippen molar-refractivity contribution in [2.45, 2.75) is 26.2 Å². The number of hydrogen-bond acceptors (Lipinski definition) is 3. The van der Waals surface area contributed by atoms with Gasteiger partial charge in [0.25, 0.3) is 5.91 Å². The van der Waals surface area contributed by atoms with Crippen molar-refractivity contribution in [2.75, 3.05) is 33.2 Å². The lowest BCUT2D eigenvalue weighted by atomic mass is 10.1. The second-order valence-electron chi connectivity index (χ2n) is 4.78. The molecule has 0 aromatic rings. The van der Waals surface area contributed by atoms with Crippen molar-refractivity contribution in [1.82, 2.24) is 5.32 Å². The molecule has 1 heterocycles. The highest BCUT2D eigenvalue weighted by atomic mass is 16.4. The van der Waals surface area contributed by atoms with Gasteiger partial charge in [0.1, 0.15) is 0 Å². The molecular weight excluding hydrogens is 206 g/mol. The van der Waals surface area contributed by atoms with Gasteiger partial charge in [0.15, 0.2) is 0 Å². The predicted molar refractivity (Wildman–Crippen MR) is 64.1 cm³/mol. The minimum Gasteiger partial charge on any atom is -0.792 e. The molecule has 0 aromatic carbocycles. The summed E-state index contributed by atoms with van der Waals surface area (Å²) in [4.78, 5) is 11.3. The number of quaternary nitrogens is 1. The molecule has 0 atom stereocenters. The fourth-order valence-electron chi connectivity index (χ4n) is 2.11. The summed E-state index contributed by atoms with van der Waals surface area (Å²) < 4.78 is 1.02. The van der Waals surface area contributed by atoms with Crippen LogP contribution in [0, 0.1) is 5.21 Å². The molecule has 5 heteroatoms. The van der Waals surface area contributed by atoms with Gasteiger partial charge in [-0.15, -0.1) is 0 Å². The van der Waals surface area contributed by atoms with Crippen LogP contribution >= 0.6 is 0 Å². The summed E-state index contributed by atoms with van der Waals surface area (Å²) in [5, 5.41) is 15.5. The fourth-order valence-corrected chi connectivity index (χ4v) is 2.11. The minimum absolute atomic E-state index is 0.00120. The summed E-state index contributed by atoms with van der Waals surface area (Å²) in [6, 6.07) is 0. The van der Waals surface area contributed by atoms with Crippen molar-refractivity contribution in [3.63, 3.8) is 0 Å². The number of piperidine rings is 1. The lowest BCUT2D eigenvalue weighted by Crippen LogP contribution is -2.51. The number of carbonyl (C=O) groups is 1. The third kappa shape index (κ3) is 3.81. The van der Waals surface area contributed by atoms with E-state index in [1.165, 1.54) is 39.3 Å². The number of carbonyl (C=O) groups excluding carboxylic acids is 1. The fraction of sp³-hybridized carbons (Fsp3) is 0.818. The summed E-state index contributed by atoms with van der Waals surface area (Å²) >= 11 is 0. The van der Waals surface area contributed by atoms with E-state index in [1.807, 2.05) is 0 Å². The van der Waals surface area contributed by atoms with E-state index in [9.17, 15) is 10.0 Å². The van der Waals surface area contributed by atoms with E-state index in [2.05, 4.69) is 17.5 Å². The molecule has 1 rings (SSSR count). The Morgan fingerprint density at radius 2 is 2.00 bits per heavy atom. The largest absolute Gasteiger partial charge is 0.792 e. The van der Waals surface area contributed by atoms with E-state index < -0.39 is 0 Å². The van der Waals surface area contributed by atoms with Gasteiger partial charge in [-0.3, -0.25) is 4.79 Å². The first-order valence-corrected chi connectivity index (χ1v) is 5.86. The summed E-state index contributed by atoms with van der Waals surface area (Å²) in [6.07, 6.45) is 3.86. The molecule has 1 N–H and O–H groups in total. The van der Waals surface area contributed by atoms with Crippen LogP contribution in [0.3, 0.4) is 0 Å². The molecule has 0 aromatic heterocycles. The van der Waals surface area contributed by atoms with Crippen LogP contribution in [0.25, 0.3) is 0 Å². The zero-order valence-electron chi connectivity index (χ0n) is 10.2. The summed E-state index contributed by atoms with van der Waals surface area (Å²) in [5.41, 5.74) is 0.00120. The van der Waals surface area contributed by atoms with Gasteiger partial charge in [-0.25, -0.2) is 0 Å². The maximum atomic E-state index is 11.3. The van der Waals surface area contributed by atoms with Crippen LogP contribution in [0.1, 0.15) is 26.2 Å². The van der Waals surface area contributed by atoms with Crippen molar-refractivity contribution >= 4 is 11.6 Å². The molecule has 0 spiro atoms. The SMILES string of the molecule is C/C(=N\[O-])C(=O)NCC[N+]1(C)CCCCC1. The molecule has 1 aliphatic heterocycles. The number of likely N-dealkylation sites (N-methyl/N-ethyl adjacent to an activating group) is 1. The van der Waals surface area contributed by atoms with Gasteiger partial charge in [0.2, 0.25) is 0 Å². The highest BCUT2D eigenvalue weighted by Crippen LogP contribution is 2.14. The van der Waals surface area contributed by atoms with Gasteiger partial charge in [-0.05, 0) is 26.2 Å². The van der Waals surface area contributed by atoms with Crippen LogP contribution in [0.2, 0.25) is 0 Å². The molecule has 0 saturated carbocycles. The molecule has 0 unspecified atom stereocenters. The Kier molecular flexibility index (Phi) is 4.73. The summed E-state index contributed by atoms with van der Waals surface area (Å²) in [6.45, 7) is 5.34. The van der Waals surface area contributed by atoms with Gasteiger partial charge >= 0.3 is 0 Å². The highest BCUT2D eigenvalue weighted by Gasteiger charge is 2.24. The zero-order valence-corrected chi connectivity index (χ0v) is 10.2. The molecule has 16 heavy (non-hydrogen) atoms. The standard InChI is InChI=1S/C11H21N3O2/c1-10(13-16)11(15)12-6-9-14(2)7-4-3-5-8-14/h3-9H2,1-2H3,(H-,12,15,16). The number of amides is 1. The first kappa shape index (κ1) is 13.0. The number of likely N-dealkylation sites (tertiary alicyclic amines) is 1. The average Bonchev–Trinajstić information content (AvgIpc) is 2.28. The second-order valence-corrected chi connectivity index (χ2v) is 4.78. The minimum atomic E-state index is -0.349. The maximum absolute atomic E-state index is 11.3. The Hall–Kier alpha value is -1.10. The van der Waals surface area contributed by atoms with E-state index >= 15 is 0 Å². The second kappa shape index (κ2) is 5.84. The number of nitrogens with zero attached hydrogens (tertiary/aromatic N) is 2. The highest BCUT2D eigenvalue weighted by molar-refractivity contribution is 6.37. The molecule has 0 bridgehead atoms. The van der Waals surface area contributed by atoms with Gasteiger partial charge in [-0.1, -0.05) is 0 Å². The Bertz CT molecular complexity index is 270. The molecule has 1 fully saturated rings. The van der Waals surface area contributed by atoms with Crippen LogP contribution in [0.15, 0.2) is 5.16 Å². The van der Waals surface area contributed by atoms with Crippen molar-refractivity contribution in [3.05, 3.63) is 5.21 Å². The van der Waals surface area contributed by atoms with E-state index in [0.29, 0.717) is 6.54 Å². The molecule has 1 aliphatic rings. The number of hydrogen-bond donors (Lipinski definition) is 1. The quantitative estimate of drug-likeness (QED) is 0.436. The average molecular weight is 227 g/mol. The zero-order chi connectivity index (χ0) is 12.0. The van der Waals surface area contributed by atoms with E-state index in [4.69, 9.17) is 0 Å². The smallest absolute Gasteiger partial charge is 0.264 e. The monoisotopic (exact) mass is 227 g/mol. The van der Waals surface area contributed by atoms with Gasteiger partial charge in [0.05, 0.1) is 38.9 Å². The lowest BCUT2D eigenvalue weighted by Gasteiger charge is -2.37. The topological polar surface area (TPSA) is 64.5 Å². The predicted octanol–water partition coefficient (Wildman–Crippen LogP) is 0.692. The third-order valence-electron chi connectivity index (χ3n) is 3.30. The Morgan fingerprint density at radius 3 is 2.56 bits per heavy atom. The molecule has 5 nitrogen and oxygen atoms in total. The van der Waals surface area contributed by atoms with Gasteiger partial charge in [-0.2, -0.15) is 0 Å². The third-order valence-corrected chi connectivity index (χ3v) is 3.30. The number of rotatable bonds is 4. The molecule has 0 aliphatic carbocycles. The van der Waals surface area contributed by atoms with E-state index in [-0.39, 0.29) is 11.6 Å². The normalized spacial score (nSPS) is 20.5. The van der Waals surface area contributed by atoms with Crippen LogP contribution < -0.4 is 5.32 Å². The Balaban J connectivity index is 2.26. The number of nitrogens with one attached hydrogen (secondary N) is 1. The van der Waals surface area contributed by atoms with Crippen LogP contribution in [0.4, 0.5) is 0 Å². The van der Waals surface area contributed by atoms with Crippen molar-refractivity contribution in [3.8, 4) is 0 Å². The maximum Gasteiger partial charge on any atom is 0.264 e. The molecule has 0 radical (unpaired) electrons. The van der Waals surface area contributed by atoms with Gasteiger partial charge < -0.3 is 20.2 Å². The Labute approximate surface area is 96.7 Å². The Morgan fingerprint density at radius 1 is 1.38 bits per heavy atom. The van der Waals surface area contributed by atoms with E-state index in [1.54, 1.807) is 0 Å². The van der Waals surface area contributed by atoms with Crippen LogP contribution in [0.5, 0.6) is 0 Å². The lowest BCUT2D eigenvalue weighted by molar-refractivity contribution is -0.912. The van der Waals surface area contributed by atoms with Crippen LogP contribution in [-0.2, 0) is 4.79 Å². The molecule has 92 valence electrons. The van der Waals surface area contributed by atoms with E-state index in [0.717, 1.165) is 11.0 Å². The van der Waals surface area contributed by atoms with Crippen molar-refractivity contribution < 1.29 is 9.28 Å². The first-order valence-electron chi connectivity index (χ1n) is 5.86. The van der Waals surface area contributed by atoms with Crippen LogP contribution in [-0.4, -0.2) is 49.3 Å². The van der Waals surface area contributed by atoms with Gasteiger partial charge in [0, 0.05) is 0 Å². The summed E-state index contributed by atoms with van der Waals surface area (Å²) in [5.74, 6) is -0.349. The molecular formula is C11H21N3O2. The molecule has 1 saturated heterocycles. The van der Waals surface area contributed by atoms with Crippen molar-refractivity contribution in [1.29, 1.82) is 0 Å².